The molecule has 1 N–H and O–H groups in total. The molecule has 0 atom stereocenters. The second-order valence-electron chi connectivity index (χ2n) is 6.83. The van der Waals surface area contributed by atoms with Crippen LogP contribution in [0.3, 0.4) is 0 Å². The number of amides is 3. The van der Waals surface area contributed by atoms with Crippen LogP contribution in [-0.2, 0) is 9.53 Å². The number of carbonyl (C=O) groups is 4. The number of fused-ring (bicyclic) bond motifs is 1. The highest BCUT2D eigenvalue weighted by Crippen LogP contribution is 2.31. The molecule has 0 radical (unpaired) electrons. The Morgan fingerprint density at radius 2 is 1.80 bits per heavy atom. The maximum Gasteiger partial charge on any atom is 0.338 e. The fraction of sp³-hybridized carbons (Fsp3) is 0.227. The molecule has 1 aliphatic heterocycles. The number of carbonyl (C=O) groups excluding carboxylic acids is 4. The van der Waals surface area contributed by atoms with Crippen molar-refractivity contribution in [1.82, 2.24) is 5.32 Å². The van der Waals surface area contributed by atoms with E-state index in [1.165, 1.54) is 18.2 Å². The summed E-state index contributed by atoms with van der Waals surface area (Å²) in [6.07, 6.45) is 0.150. The van der Waals surface area contributed by atoms with Crippen LogP contribution in [-0.4, -0.2) is 36.8 Å². The standard InChI is InChI=1S/C22H19N3O5/c1-13-4-5-14(2)18(10-13)25-20(27)16-7-6-15(11-17(16)21(25)28)22(29)30-12-19(26)24-9-3-8-23/h4-7,10-11H,3,9,12H2,1-2H3,(H,24,26). The van der Waals surface area contributed by atoms with E-state index in [1.807, 2.05) is 32.0 Å². The Morgan fingerprint density at radius 1 is 1.07 bits per heavy atom. The predicted octanol–water partition coefficient (Wildman–Crippen LogP) is 2.29. The number of esters is 1. The Balaban J connectivity index is 1.77. The van der Waals surface area contributed by atoms with Crippen LogP contribution < -0.4 is 10.2 Å². The van der Waals surface area contributed by atoms with Gasteiger partial charge in [0.2, 0.25) is 0 Å². The van der Waals surface area contributed by atoms with Crippen molar-refractivity contribution >= 4 is 29.4 Å². The van der Waals surface area contributed by atoms with E-state index in [-0.39, 0.29) is 29.7 Å². The number of nitriles is 1. The highest BCUT2D eigenvalue weighted by Gasteiger charge is 2.38. The zero-order chi connectivity index (χ0) is 21.8. The van der Waals surface area contributed by atoms with Gasteiger partial charge in [0.1, 0.15) is 0 Å². The number of aryl methyl sites for hydroxylation is 2. The molecule has 152 valence electrons. The third kappa shape index (κ3) is 4.05. The minimum Gasteiger partial charge on any atom is -0.452 e. The number of ether oxygens (including phenoxy) is 1. The molecule has 1 aliphatic rings. The van der Waals surface area contributed by atoms with E-state index in [4.69, 9.17) is 10.00 Å². The van der Waals surface area contributed by atoms with Gasteiger partial charge in [-0.05, 0) is 49.2 Å². The third-order valence-electron chi connectivity index (χ3n) is 4.62. The Kier molecular flexibility index (Phi) is 5.93. The van der Waals surface area contributed by atoms with Crippen LogP contribution in [0.2, 0.25) is 0 Å². The van der Waals surface area contributed by atoms with E-state index >= 15 is 0 Å². The molecular formula is C22H19N3O5. The first-order valence-electron chi connectivity index (χ1n) is 9.24. The lowest BCUT2D eigenvalue weighted by atomic mass is 10.1. The number of benzene rings is 2. The molecule has 0 spiro atoms. The monoisotopic (exact) mass is 405 g/mol. The summed E-state index contributed by atoms with van der Waals surface area (Å²) in [7, 11) is 0. The van der Waals surface area contributed by atoms with Gasteiger partial charge in [-0.3, -0.25) is 14.4 Å². The third-order valence-corrected chi connectivity index (χ3v) is 4.62. The van der Waals surface area contributed by atoms with E-state index in [2.05, 4.69) is 5.32 Å². The Labute approximate surface area is 173 Å². The van der Waals surface area contributed by atoms with Crippen molar-refractivity contribution in [3.63, 3.8) is 0 Å². The van der Waals surface area contributed by atoms with E-state index < -0.39 is 30.3 Å². The second kappa shape index (κ2) is 8.57. The first-order valence-corrected chi connectivity index (χ1v) is 9.24. The van der Waals surface area contributed by atoms with Gasteiger partial charge in [-0.25, -0.2) is 9.69 Å². The van der Waals surface area contributed by atoms with Crippen molar-refractivity contribution in [3.05, 3.63) is 64.2 Å². The molecule has 1 heterocycles. The molecule has 0 aromatic heterocycles. The van der Waals surface area contributed by atoms with Gasteiger partial charge in [0.05, 0.1) is 34.9 Å². The van der Waals surface area contributed by atoms with Gasteiger partial charge in [-0.15, -0.1) is 0 Å². The minimum atomic E-state index is -0.793. The van der Waals surface area contributed by atoms with E-state index in [9.17, 15) is 19.2 Å². The van der Waals surface area contributed by atoms with Crippen LogP contribution in [0.15, 0.2) is 36.4 Å². The van der Waals surface area contributed by atoms with Crippen molar-refractivity contribution in [2.75, 3.05) is 18.1 Å². The molecule has 0 saturated carbocycles. The molecule has 8 nitrogen and oxygen atoms in total. The summed E-state index contributed by atoms with van der Waals surface area (Å²) in [5, 5.41) is 10.9. The van der Waals surface area contributed by atoms with Crippen molar-refractivity contribution in [1.29, 1.82) is 5.26 Å². The van der Waals surface area contributed by atoms with Crippen LogP contribution in [0.4, 0.5) is 5.69 Å². The summed E-state index contributed by atoms with van der Waals surface area (Å²) in [5.74, 6) is -2.31. The van der Waals surface area contributed by atoms with Crippen molar-refractivity contribution < 1.29 is 23.9 Å². The lowest BCUT2D eigenvalue weighted by Gasteiger charge is -2.17. The summed E-state index contributed by atoms with van der Waals surface area (Å²) < 4.78 is 4.95. The first-order chi connectivity index (χ1) is 14.3. The topological polar surface area (TPSA) is 117 Å². The fourth-order valence-electron chi connectivity index (χ4n) is 3.07. The van der Waals surface area contributed by atoms with Crippen LogP contribution in [0.25, 0.3) is 0 Å². The normalized spacial score (nSPS) is 12.4. The van der Waals surface area contributed by atoms with Crippen LogP contribution >= 0.6 is 0 Å². The highest BCUT2D eigenvalue weighted by atomic mass is 16.5. The summed E-state index contributed by atoms with van der Waals surface area (Å²) in [6, 6.07) is 11.5. The molecule has 3 rings (SSSR count). The number of imide groups is 1. The second-order valence-corrected chi connectivity index (χ2v) is 6.83. The van der Waals surface area contributed by atoms with Crippen LogP contribution in [0.1, 0.15) is 48.6 Å². The molecule has 0 unspecified atom stereocenters. The number of hydrogen-bond acceptors (Lipinski definition) is 6. The quantitative estimate of drug-likeness (QED) is 0.448. The average molecular weight is 405 g/mol. The zero-order valence-corrected chi connectivity index (χ0v) is 16.5. The van der Waals surface area contributed by atoms with Crippen LogP contribution in [0, 0.1) is 25.2 Å². The molecule has 30 heavy (non-hydrogen) atoms. The molecule has 0 aliphatic carbocycles. The van der Waals surface area contributed by atoms with Gasteiger partial charge in [-0.1, -0.05) is 12.1 Å². The smallest absolute Gasteiger partial charge is 0.338 e. The molecule has 2 aromatic carbocycles. The largest absolute Gasteiger partial charge is 0.452 e. The van der Waals surface area contributed by atoms with Gasteiger partial charge >= 0.3 is 5.97 Å². The number of hydrogen-bond donors (Lipinski definition) is 1. The molecule has 0 bridgehead atoms. The fourth-order valence-corrected chi connectivity index (χ4v) is 3.07. The summed E-state index contributed by atoms with van der Waals surface area (Å²) in [5.41, 5.74) is 2.55. The van der Waals surface area contributed by atoms with Crippen molar-refractivity contribution in [3.8, 4) is 6.07 Å². The number of rotatable bonds is 6. The maximum absolute atomic E-state index is 12.9. The van der Waals surface area contributed by atoms with Crippen molar-refractivity contribution in [2.45, 2.75) is 20.3 Å². The molecule has 3 amide bonds. The van der Waals surface area contributed by atoms with Gasteiger partial charge in [0.25, 0.3) is 17.7 Å². The lowest BCUT2D eigenvalue weighted by molar-refractivity contribution is -0.124. The number of nitrogens with one attached hydrogen (secondary N) is 1. The van der Waals surface area contributed by atoms with Gasteiger partial charge in [-0.2, -0.15) is 5.26 Å². The average Bonchev–Trinajstić information content (AvgIpc) is 2.98. The number of anilines is 1. The Hall–Kier alpha value is -3.99. The highest BCUT2D eigenvalue weighted by molar-refractivity contribution is 6.35. The Bertz CT molecular complexity index is 1100. The minimum absolute atomic E-state index is 0.0579. The van der Waals surface area contributed by atoms with Gasteiger partial charge in [0, 0.05) is 6.54 Å². The zero-order valence-electron chi connectivity index (χ0n) is 16.5. The van der Waals surface area contributed by atoms with Crippen LogP contribution in [0.5, 0.6) is 0 Å². The van der Waals surface area contributed by atoms with E-state index in [0.29, 0.717) is 5.69 Å². The molecule has 2 aromatic rings. The van der Waals surface area contributed by atoms with Gasteiger partial charge in [0.15, 0.2) is 6.61 Å². The SMILES string of the molecule is Cc1ccc(C)c(N2C(=O)c3ccc(C(=O)OCC(=O)NCCC#N)cc3C2=O)c1. The number of nitrogens with zero attached hydrogens (tertiary/aromatic N) is 2. The Morgan fingerprint density at radius 3 is 2.53 bits per heavy atom. The molecule has 0 saturated heterocycles. The molecule has 0 fully saturated rings. The maximum atomic E-state index is 12.9. The summed E-state index contributed by atoms with van der Waals surface area (Å²) in [4.78, 5) is 50.7. The summed E-state index contributed by atoms with van der Waals surface area (Å²) >= 11 is 0. The first kappa shape index (κ1) is 20.7. The van der Waals surface area contributed by atoms with Crippen molar-refractivity contribution in [2.24, 2.45) is 0 Å². The van der Waals surface area contributed by atoms with Gasteiger partial charge < -0.3 is 10.1 Å². The molecule has 8 heteroatoms. The molecular weight excluding hydrogens is 386 g/mol. The lowest BCUT2D eigenvalue weighted by Crippen LogP contribution is -2.30. The van der Waals surface area contributed by atoms with E-state index in [1.54, 1.807) is 6.07 Å². The summed E-state index contributed by atoms with van der Waals surface area (Å²) in [6.45, 7) is 3.33. The predicted molar refractivity (Wildman–Crippen MR) is 107 cm³/mol. The van der Waals surface area contributed by atoms with E-state index in [0.717, 1.165) is 16.0 Å².